The van der Waals surface area contributed by atoms with E-state index in [0.717, 1.165) is 87.3 Å². The van der Waals surface area contributed by atoms with Gasteiger partial charge in [0.2, 0.25) is 0 Å². The van der Waals surface area contributed by atoms with Crippen molar-refractivity contribution in [2.75, 3.05) is 0 Å². The molecule has 6 nitrogen and oxygen atoms in total. The summed E-state index contributed by atoms with van der Waals surface area (Å²) in [5.41, 5.74) is 3.34. The molecule has 7 aliphatic rings. The van der Waals surface area contributed by atoms with Crippen LogP contribution in [0.1, 0.15) is 142 Å². The number of aliphatic hydroxyl groups is 1. The minimum Gasteiger partial charge on any atom is -0.508 e. The van der Waals surface area contributed by atoms with Crippen LogP contribution in [0.2, 0.25) is 0 Å². The molecule has 2 aromatic carbocycles. The summed E-state index contributed by atoms with van der Waals surface area (Å²) in [7, 11) is 0. The molecule has 54 heavy (non-hydrogen) atoms. The average molecular weight is 735 g/mol. The van der Waals surface area contributed by atoms with E-state index < -0.39 is 17.1 Å². The highest BCUT2D eigenvalue weighted by Crippen LogP contribution is 2.78. The summed E-state index contributed by atoms with van der Waals surface area (Å²) in [5, 5.41) is 32.5. The molecule has 6 fully saturated rings. The summed E-state index contributed by atoms with van der Waals surface area (Å²) in [4.78, 5) is 29.2. The Kier molecular flexibility index (Phi) is 8.33. The Morgan fingerprint density at radius 2 is 1.54 bits per heavy atom. The second-order valence-electron chi connectivity index (χ2n) is 20.4. The van der Waals surface area contributed by atoms with E-state index in [1.54, 1.807) is 18.2 Å². The molecule has 0 aromatic heterocycles. The molecule has 6 heteroatoms. The van der Waals surface area contributed by atoms with E-state index in [4.69, 9.17) is 4.74 Å². The number of rotatable bonds is 7. The first-order valence-corrected chi connectivity index (χ1v) is 21.3. The van der Waals surface area contributed by atoms with Crippen LogP contribution in [-0.2, 0) is 14.3 Å². The number of phenolic OH excluding ortho intramolecular Hbond substituents is 2. The average Bonchev–Trinajstić information content (AvgIpc) is 3.46. The molecule has 6 aliphatic carbocycles. The number of hydrogen-bond donors (Lipinski definition) is 3. The van der Waals surface area contributed by atoms with Gasteiger partial charge in [-0.25, -0.2) is 0 Å². The highest BCUT2D eigenvalue weighted by Gasteiger charge is 2.73. The zero-order valence-electron chi connectivity index (χ0n) is 33.4. The van der Waals surface area contributed by atoms with Gasteiger partial charge in [0.05, 0.1) is 11.7 Å². The molecule has 3 N–H and O–H groups in total. The number of ketones is 2. The number of benzene rings is 2. The minimum atomic E-state index is -0.650. The standard InChI is InChI=1S/C48H62O6/c1-27(23-37(51)43-47(6,54-43)34-16-9-15-32(34)28-11-7-13-30(49)24-28)40-35-18-19-39-45(4)26-33(29-12-8-14-31(50)25-29)42(53)44(2,3)38(45)20-22-48(39)21-10-17-36(41(40)52)46(35,48)5/h7-8,11-14,24-25,27,32-34,36-39,43,49-51H,9-10,15-23,26H2,1-6H3/t27-,32-,33+,34+,36-,37-,38+,39+,43+,45+,46-,47-,48-/m1/s1. The van der Waals surface area contributed by atoms with Crippen LogP contribution in [0.5, 0.6) is 11.5 Å². The van der Waals surface area contributed by atoms with Crippen molar-refractivity contribution in [1.29, 1.82) is 0 Å². The van der Waals surface area contributed by atoms with Gasteiger partial charge in [-0.15, -0.1) is 0 Å². The molecule has 0 unspecified atom stereocenters. The lowest BCUT2D eigenvalue weighted by atomic mass is 9.32. The van der Waals surface area contributed by atoms with Gasteiger partial charge in [-0.3, -0.25) is 9.59 Å². The van der Waals surface area contributed by atoms with Crippen LogP contribution >= 0.6 is 0 Å². The third-order valence-electron chi connectivity index (χ3n) is 17.8. The van der Waals surface area contributed by atoms with E-state index in [-0.39, 0.29) is 57.7 Å². The number of fused-ring (bicyclic) bond motifs is 2. The Bertz CT molecular complexity index is 1910. The SMILES string of the molecule is C[C@H](C[C@@H](O)[C@@H]1O[C@]1(C)[C@H]1CCC[C@@H]1c1cccc(O)c1)C1=C2CC[C@H]3[C@@]4(C)C[C@@H](c5cccc(O)c5)C(=O)C(C)(C)[C@@H]4CC[C@]34CCC[C@H](C1=O)[C@@]24C. The van der Waals surface area contributed by atoms with E-state index in [9.17, 15) is 24.9 Å². The van der Waals surface area contributed by atoms with E-state index in [1.807, 2.05) is 24.3 Å². The maximum absolute atomic E-state index is 14.8. The maximum atomic E-state index is 14.8. The second-order valence-corrected chi connectivity index (χ2v) is 20.4. The summed E-state index contributed by atoms with van der Waals surface area (Å²) in [6.45, 7) is 13.7. The summed E-state index contributed by atoms with van der Waals surface area (Å²) in [6.07, 6.45) is 10.8. The van der Waals surface area contributed by atoms with Crippen LogP contribution in [0.25, 0.3) is 0 Å². The number of hydrogen-bond acceptors (Lipinski definition) is 6. The summed E-state index contributed by atoms with van der Waals surface area (Å²) in [6, 6.07) is 15.0. The first-order valence-electron chi connectivity index (χ1n) is 21.3. The van der Waals surface area contributed by atoms with Crippen LogP contribution in [0.4, 0.5) is 0 Å². The predicted molar refractivity (Wildman–Crippen MR) is 209 cm³/mol. The van der Waals surface area contributed by atoms with Gasteiger partial charge in [-0.2, -0.15) is 0 Å². The molecule has 0 amide bonds. The molecule has 9 rings (SSSR count). The first kappa shape index (κ1) is 36.7. The topological polar surface area (TPSA) is 107 Å². The van der Waals surface area contributed by atoms with Gasteiger partial charge in [0.1, 0.15) is 23.4 Å². The molecular weight excluding hydrogens is 673 g/mol. The second kappa shape index (κ2) is 12.3. The molecule has 13 atom stereocenters. The fraction of sp³-hybridized carbons (Fsp3) is 0.667. The van der Waals surface area contributed by atoms with E-state index >= 15 is 0 Å². The molecule has 290 valence electrons. The lowest BCUT2D eigenvalue weighted by molar-refractivity contribution is -0.206. The zero-order valence-corrected chi connectivity index (χ0v) is 33.4. The van der Waals surface area contributed by atoms with Gasteiger partial charge in [0.25, 0.3) is 0 Å². The summed E-state index contributed by atoms with van der Waals surface area (Å²) < 4.78 is 6.47. The predicted octanol–water partition coefficient (Wildman–Crippen LogP) is 9.81. The number of Topliss-reactive ketones (excluding diaryl/α,β-unsaturated/α-hetero) is 2. The number of allylic oxidation sites excluding steroid dienone is 2. The van der Waals surface area contributed by atoms with Gasteiger partial charge >= 0.3 is 0 Å². The molecule has 0 bridgehead atoms. The normalized spacial score (nSPS) is 43.3. The van der Waals surface area contributed by atoms with Crippen molar-refractivity contribution in [3.05, 3.63) is 70.8 Å². The van der Waals surface area contributed by atoms with Crippen LogP contribution in [0, 0.1) is 51.2 Å². The monoisotopic (exact) mass is 734 g/mol. The lowest BCUT2D eigenvalue weighted by Crippen LogP contribution is -2.66. The third-order valence-corrected chi connectivity index (χ3v) is 17.8. The Hall–Kier alpha value is -2.96. The van der Waals surface area contributed by atoms with Crippen LogP contribution in [0.15, 0.2) is 59.7 Å². The molecule has 5 saturated carbocycles. The van der Waals surface area contributed by atoms with Gasteiger partial charge in [-0.1, -0.05) is 77.3 Å². The van der Waals surface area contributed by atoms with Crippen molar-refractivity contribution in [3.8, 4) is 11.5 Å². The Morgan fingerprint density at radius 3 is 2.26 bits per heavy atom. The van der Waals surface area contributed by atoms with E-state index in [1.165, 1.54) is 5.57 Å². The summed E-state index contributed by atoms with van der Waals surface area (Å²) in [5.74, 6) is 2.12. The summed E-state index contributed by atoms with van der Waals surface area (Å²) >= 11 is 0. The Labute approximate surface area is 322 Å². The van der Waals surface area contributed by atoms with Crippen molar-refractivity contribution in [3.63, 3.8) is 0 Å². The molecule has 2 aromatic rings. The largest absolute Gasteiger partial charge is 0.508 e. The quantitative estimate of drug-likeness (QED) is 0.245. The maximum Gasteiger partial charge on any atom is 0.163 e. The fourth-order valence-electron chi connectivity index (χ4n) is 15.6. The van der Waals surface area contributed by atoms with Crippen molar-refractivity contribution in [2.45, 2.75) is 148 Å². The number of epoxide rings is 1. The number of carbonyl (C=O) groups excluding carboxylic acids is 2. The molecular formula is C48H62O6. The third kappa shape index (κ3) is 4.90. The van der Waals surface area contributed by atoms with Crippen LogP contribution < -0.4 is 0 Å². The van der Waals surface area contributed by atoms with E-state index in [0.29, 0.717) is 35.6 Å². The number of ether oxygens (including phenoxy) is 1. The molecule has 0 radical (unpaired) electrons. The van der Waals surface area contributed by atoms with Crippen LogP contribution in [0.3, 0.4) is 0 Å². The van der Waals surface area contributed by atoms with Gasteiger partial charge in [-0.05, 0) is 153 Å². The number of aromatic hydroxyl groups is 2. The van der Waals surface area contributed by atoms with Crippen LogP contribution in [-0.4, -0.2) is 44.7 Å². The van der Waals surface area contributed by atoms with Gasteiger partial charge in [0.15, 0.2) is 5.78 Å². The minimum absolute atomic E-state index is 0.00583. The van der Waals surface area contributed by atoms with Crippen molar-refractivity contribution >= 4 is 11.6 Å². The molecule has 1 aliphatic heterocycles. The fourth-order valence-corrected chi connectivity index (χ4v) is 15.6. The molecule has 1 saturated heterocycles. The van der Waals surface area contributed by atoms with Crippen molar-refractivity contribution < 1.29 is 29.6 Å². The molecule has 1 heterocycles. The number of carbonyl (C=O) groups is 2. The highest BCUT2D eigenvalue weighted by molar-refractivity contribution is 6.02. The van der Waals surface area contributed by atoms with Gasteiger partial charge in [0, 0.05) is 22.7 Å². The Morgan fingerprint density at radius 1 is 0.833 bits per heavy atom. The van der Waals surface area contributed by atoms with Crippen molar-refractivity contribution in [1.82, 2.24) is 0 Å². The first-order chi connectivity index (χ1) is 25.6. The lowest BCUT2D eigenvalue weighted by Gasteiger charge is -2.71. The highest BCUT2D eigenvalue weighted by atomic mass is 16.6. The molecule has 1 spiro atoms. The van der Waals surface area contributed by atoms with Crippen molar-refractivity contribution in [2.24, 2.45) is 51.2 Å². The number of aliphatic hydroxyl groups excluding tert-OH is 1. The number of phenols is 2. The van der Waals surface area contributed by atoms with Gasteiger partial charge < -0.3 is 20.1 Å². The van der Waals surface area contributed by atoms with E-state index in [2.05, 4.69) is 47.6 Å². The smallest absolute Gasteiger partial charge is 0.163 e. The Balaban J connectivity index is 1.000. The zero-order chi connectivity index (χ0) is 38.2.